The van der Waals surface area contributed by atoms with Crippen molar-refractivity contribution in [3.63, 3.8) is 0 Å². The molecule has 27 heavy (non-hydrogen) atoms. The van der Waals surface area contributed by atoms with Crippen molar-refractivity contribution in [2.24, 2.45) is 11.1 Å². The minimum atomic E-state index is -0.903. The third-order valence-corrected chi connectivity index (χ3v) is 5.08. The fourth-order valence-electron chi connectivity index (χ4n) is 2.95. The molecule has 3 N–H and O–H groups in total. The number of nitrogens with zero attached hydrogens (tertiary/aromatic N) is 2. The van der Waals surface area contributed by atoms with E-state index in [0.717, 1.165) is 11.4 Å². The average molecular weight is 371 g/mol. The molecule has 0 aliphatic carbocycles. The van der Waals surface area contributed by atoms with Crippen molar-refractivity contribution in [2.75, 3.05) is 25.1 Å². The maximum absolute atomic E-state index is 12.3. The molecule has 1 aliphatic rings. The largest absolute Gasteiger partial charge is 0.497 e. The minimum absolute atomic E-state index is 0.228. The first-order chi connectivity index (χ1) is 12.7. The summed E-state index contributed by atoms with van der Waals surface area (Å²) in [6.45, 7) is 4.67. The van der Waals surface area contributed by atoms with Gasteiger partial charge in [0.05, 0.1) is 19.6 Å². The third kappa shape index (κ3) is 5.13. The zero-order valence-electron chi connectivity index (χ0n) is 16.1. The van der Waals surface area contributed by atoms with Gasteiger partial charge in [-0.25, -0.2) is 0 Å². The summed E-state index contributed by atoms with van der Waals surface area (Å²) in [5.74, 6) is -0.0292. The molecule has 0 unspecified atom stereocenters. The molecule has 1 aromatic rings. The van der Waals surface area contributed by atoms with E-state index in [2.05, 4.69) is 16.3 Å². The van der Waals surface area contributed by atoms with Crippen LogP contribution in [0.15, 0.2) is 24.3 Å². The highest BCUT2D eigenvalue weighted by Gasteiger charge is 2.37. The van der Waals surface area contributed by atoms with E-state index in [0.29, 0.717) is 25.9 Å². The van der Waals surface area contributed by atoms with Crippen LogP contribution in [0.2, 0.25) is 0 Å². The summed E-state index contributed by atoms with van der Waals surface area (Å²) in [5.41, 5.74) is 4.65. The number of nitrogens with one attached hydrogen (secondary N) is 1. The summed E-state index contributed by atoms with van der Waals surface area (Å²) in [7, 11) is 1.63. The van der Waals surface area contributed by atoms with Crippen LogP contribution < -0.4 is 20.7 Å². The van der Waals surface area contributed by atoms with Gasteiger partial charge in [0.25, 0.3) is 0 Å². The quantitative estimate of drug-likeness (QED) is 0.759. The Morgan fingerprint density at radius 2 is 2.07 bits per heavy atom. The van der Waals surface area contributed by atoms with Gasteiger partial charge in [0.1, 0.15) is 11.3 Å². The second kappa shape index (κ2) is 8.30. The van der Waals surface area contributed by atoms with Gasteiger partial charge >= 0.3 is 0 Å². The van der Waals surface area contributed by atoms with Crippen LogP contribution in [0.4, 0.5) is 5.69 Å². The highest BCUT2D eigenvalue weighted by Crippen LogP contribution is 2.28. The van der Waals surface area contributed by atoms with E-state index in [-0.39, 0.29) is 12.3 Å². The predicted molar refractivity (Wildman–Crippen MR) is 103 cm³/mol. The zero-order chi connectivity index (χ0) is 20.1. The van der Waals surface area contributed by atoms with E-state index >= 15 is 0 Å². The van der Waals surface area contributed by atoms with Crippen molar-refractivity contribution in [3.05, 3.63) is 30.7 Å². The summed E-state index contributed by atoms with van der Waals surface area (Å²) >= 11 is 0. The number of benzene rings is 1. The van der Waals surface area contributed by atoms with E-state index in [1.807, 2.05) is 24.3 Å². The molecule has 1 saturated heterocycles. The van der Waals surface area contributed by atoms with Gasteiger partial charge in [-0.3, -0.25) is 9.59 Å². The number of carbonyl (C=O) groups excluding carboxylic acids is 2. The molecule has 0 bridgehead atoms. The van der Waals surface area contributed by atoms with Gasteiger partial charge in [0.2, 0.25) is 11.8 Å². The summed E-state index contributed by atoms with van der Waals surface area (Å²) < 4.78 is 5.26. The van der Waals surface area contributed by atoms with Gasteiger partial charge in [-0.15, -0.1) is 0 Å². The standard InChI is InChI=1S/C20H27N4O3/c1-19(2,18(22)26)8-7-17(25)23-20(14-21)9-11-24(12-10-20)15-5-4-6-16(13-15)27-3/h4-7,13H,8-12H2,1-3H3,(H2,22,26)(H,23,25). The topological polar surface area (TPSA) is 108 Å². The zero-order valence-corrected chi connectivity index (χ0v) is 16.1. The predicted octanol–water partition coefficient (Wildman–Crippen LogP) is 1.78. The Morgan fingerprint density at radius 1 is 1.41 bits per heavy atom. The number of rotatable bonds is 7. The van der Waals surface area contributed by atoms with Crippen LogP contribution in [0.1, 0.15) is 33.1 Å². The highest BCUT2D eigenvalue weighted by atomic mass is 16.5. The summed E-state index contributed by atoms with van der Waals surface area (Å²) in [6, 6.07) is 10.0. The van der Waals surface area contributed by atoms with Crippen molar-refractivity contribution in [2.45, 2.75) is 38.6 Å². The van der Waals surface area contributed by atoms with Crippen molar-refractivity contribution in [1.29, 1.82) is 5.26 Å². The van der Waals surface area contributed by atoms with Gasteiger partial charge in [0, 0.05) is 43.1 Å². The van der Waals surface area contributed by atoms with E-state index in [1.54, 1.807) is 21.0 Å². The number of primary amides is 1. The van der Waals surface area contributed by atoms with E-state index in [9.17, 15) is 14.9 Å². The summed E-state index contributed by atoms with van der Waals surface area (Å²) in [6.07, 6.45) is 2.66. The second-order valence-electron chi connectivity index (χ2n) is 7.53. The highest BCUT2D eigenvalue weighted by molar-refractivity contribution is 5.87. The number of hydrogen-bond donors (Lipinski definition) is 2. The number of amides is 2. The number of hydrogen-bond acceptors (Lipinski definition) is 5. The van der Waals surface area contributed by atoms with Crippen molar-refractivity contribution >= 4 is 17.5 Å². The van der Waals surface area contributed by atoms with Crippen molar-refractivity contribution in [1.82, 2.24) is 5.32 Å². The molecule has 1 radical (unpaired) electrons. The van der Waals surface area contributed by atoms with Gasteiger partial charge in [-0.2, -0.15) is 5.26 Å². The van der Waals surface area contributed by atoms with Gasteiger partial charge < -0.3 is 20.7 Å². The Balaban J connectivity index is 1.94. The molecule has 145 valence electrons. The Bertz CT molecular complexity index is 731. The number of nitriles is 1. The minimum Gasteiger partial charge on any atom is -0.497 e. The molecular weight excluding hydrogens is 344 g/mol. The average Bonchev–Trinajstić information content (AvgIpc) is 2.67. The number of methoxy groups -OCH3 is 1. The van der Waals surface area contributed by atoms with Crippen LogP contribution in [0.5, 0.6) is 5.75 Å². The molecule has 0 saturated carbocycles. The van der Waals surface area contributed by atoms with Crippen LogP contribution in [0.25, 0.3) is 0 Å². The molecule has 0 atom stereocenters. The first kappa shape index (κ1) is 20.6. The summed E-state index contributed by atoms with van der Waals surface area (Å²) in [5, 5.41) is 12.5. The number of carbonyl (C=O) groups is 2. The van der Waals surface area contributed by atoms with E-state index < -0.39 is 16.9 Å². The first-order valence-electron chi connectivity index (χ1n) is 8.97. The maximum atomic E-state index is 12.3. The van der Waals surface area contributed by atoms with Crippen LogP contribution in [0.3, 0.4) is 0 Å². The lowest BCUT2D eigenvalue weighted by molar-refractivity contribution is -0.126. The van der Waals surface area contributed by atoms with Crippen LogP contribution >= 0.6 is 0 Å². The molecule has 2 rings (SSSR count). The first-order valence-corrected chi connectivity index (χ1v) is 8.97. The molecule has 1 aromatic carbocycles. The molecule has 1 fully saturated rings. The molecule has 7 heteroatoms. The Morgan fingerprint density at radius 3 is 2.63 bits per heavy atom. The fourth-order valence-corrected chi connectivity index (χ4v) is 2.95. The Hall–Kier alpha value is -2.75. The molecular formula is C20H27N4O3. The summed E-state index contributed by atoms with van der Waals surface area (Å²) in [4.78, 5) is 25.8. The lowest BCUT2D eigenvalue weighted by Crippen LogP contribution is -2.54. The third-order valence-electron chi connectivity index (χ3n) is 5.08. The number of anilines is 1. The number of piperidine rings is 1. The normalized spacial score (nSPS) is 16.3. The van der Waals surface area contributed by atoms with Crippen LogP contribution in [0, 0.1) is 23.2 Å². The lowest BCUT2D eigenvalue weighted by Gasteiger charge is -2.39. The monoisotopic (exact) mass is 371 g/mol. The fraction of sp³-hybridized carbons (Fsp3) is 0.500. The Labute approximate surface area is 160 Å². The number of nitrogens with two attached hydrogens (primary N) is 1. The molecule has 0 aromatic heterocycles. The number of ether oxygens (including phenoxy) is 1. The van der Waals surface area contributed by atoms with Crippen LogP contribution in [-0.2, 0) is 9.59 Å². The molecule has 1 aliphatic heterocycles. The molecule has 0 spiro atoms. The smallest absolute Gasteiger partial charge is 0.225 e. The van der Waals surface area contributed by atoms with Crippen molar-refractivity contribution in [3.8, 4) is 11.8 Å². The molecule has 2 amide bonds. The Kier molecular flexibility index (Phi) is 6.32. The van der Waals surface area contributed by atoms with Crippen molar-refractivity contribution < 1.29 is 14.3 Å². The van der Waals surface area contributed by atoms with Gasteiger partial charge in [-0.1, -0.05) is 19.9 Å². The lowest BCUT2D eigenvalue weighted by atomic mass is 9.85. The van der Waals surface area contributed by atoms with Gasteiger partial charge in [0.15, 0.2) is 0 Å². The second-order valence-corrected chi connectivity index (χ2v) is 7.53. The molecule has 1 heterocycles. The maximum Gasteiger partial charge on any atom is 0.225 e. The van der Waals surface area contributed by atoms with E-state index in [4.69, 9.17) is 10.5 Å². The van der Waals surface area contributed by atoms with E-state index in [1.165, 1.54) is 6.42 Å². The SMILES string of the molecule is COc1cccc(N2CCC(C#N)(NC(=O)[CH]CC(C)(C)C(N)=O)CC2)c1. The van der Waals surface area contributed by atoms with Crippen LogP contribution in [-0.4, -0.2) is 37.6 Å². The van der Waals surface area contributed by atoms with Gasteiger partial charge in [-0.05, 0) is 18.6 Å². The molecule has 7 nitrogen and oxygen atoms in total.